The summed E-state index contributed by atoms with van der Waals surface area (Å²) in [4.78, 5) is 14.8. The Morgan fingerprint density at radius 3 is 3.00 bits per heavy atom. The minimum atomic E-state index is 0.0639. The molecule has 0 bridgehead atoms. The van der Waals surface area contributed by atoms with Gasteiger partial charge in [0.05, 0.1) is 6.54 Å². The number of likely N-dealkylation sites (tertiary alicyclic amines) is 1. The number of nitrogens with one attached hydrogen (secondary N) is 1. The highest BCUT2D eigenvalue weighted by Crippen LogP contribution is 2.28. The summed E-state index contributed by atoms with van der Waals surface area (Å²) in [6, 6.07) is 8.11. The molecule has 6 nitrogen and oxygen atoms in total. The SMILES string of the molecule is CCc1cccc(NC(=O)CN2CCCC(c3nnc4n3CCCCC4)C2)c1. The summed E-state index contributed by atoms with van der Waals surface area (Å²) in [5, 5.41) is 12.1. The Kier molecular flexibility index (Phi) is 6.05. The monoisotopic (exact) mass is 381 g/mol. The standard InChI is InChI=1S/C22H31N5O/c1-2-17-8-6-10-19(14-17)23-21(28)16-26-12-7-9-18(15-26)22-25-24-20-11-4-3-5-13-27(20)22/h6,8,10,14,18H,2-5,7,9,11-13,15-16H2,1H3,(H,23,28). The van der Waals surface area contributed by atoms with Crippen molar-refractivity contribution in [2.24, 2.45) is 0 Å². The number of aromatic nitrogens is 3. The Bertz CT molecular complexity index is 815. The van der Waals surface area contributed by atoms with Crippen LogP contribution in [0.15, 0.2) is 24.3 Å². The largest absolute Gasteiger partial charge is 0.325 e. The summed E-state index contributed by atoms with van der Waals surface area (Å²) in [7, 11) is 0. The molecule has 2 aliphatic rings. The molecule has 150 valence electrons. The predicted molar refractivity (Wildman–Crippen MR) is 110 cm³/mol. The van der Waals surface area contributed by atoms with Gasteiger partial charge < -0.3 is 9.88 Å². The molecule has 3 heterocycles. The Morgan fingerprint density at radius 2 is 2.11 bits per heavy atom. The molecule has 1 N–H and O–H groups in total. The van der Waals surface area contributed by atoms with Crippen molar-refractivity contribution in [1.29, 1.82) is 0 Å². The molecule has 2 aliphatic heterocycles. The first-order valence-electron chi connectivity index (χ1n) is 10.8. The highest BCUT2D eigenvalue weighted by molar-refractivity contribution is 5.92. The van der Waals surface area contributed by atoms with Crippen LogP contribution in [0.25, 0.3) is 0 Å². The summed E-state index contributed by atoms with van der Waals surface area (Å²) in [5.74, 6) is 2.73. The number of fused-ring (bicyclic) bond motifs is 1. The molecule has 0 spiro atoms. The van der Waals surface area contributed by atoms with Crippen LogP contribution in [0, 0.1) is 0 Å². The summed E-state index contributed by atoms with van der Waals surface area (Å²) in [6.07, 6.45) is 7.96. The first-order chi connectivity index (χ1) is 13.7. The van der Waals surface area contributed by atoms with Crippen molar-refractivity contribution in [3.05, 3.63) is 41.5 Å². The molecule has 1 saturated heterocycles. The lowest BCUT2D eigenvalue weighted by molar-refractivity contribution is -0.117. The first kappa shape index (κ1) is 19.1. The van der Waals surface area contributed by atoms with E-state index in [2.05, 4.69) is 44.0 Å². The number of piperidine rings is 1. The van der Waals surface area contributed by atoms with Gasteiger partial charge in [0, 0.05) is 31.1 Å². The summed E-state index contributed by atoms with van der Waals surface area (Å²) >= 11 is 0. The van der Waals surface area contributed by atoms with Crippen molar-refractivity contribution in [1.82, 2.24) is 19.7 Å². The van der Waals surface area contributed by atoms with Crippen molar-refractivity contribution < 1.29 is 4.79 Å². The molecule has 0 radical (unpaired) electrons. The molecule has 2 aromatic rings. The fourth-order valence-electron chi connectivity index (χ4n) is 4.49. The Labute approximate surface area is 167 Å². The van der Waals surface area contributed by atoms with E-state index in [4.69, 9.17) is 0 Å². The van der Waals surface area contributed by atoms with Gasteiger partial charge in [-0.1, -0.05) is 25.5 Å². The quantitative estimate of drug-likeness (QED) is 0.862. The number of rotatable bonds is 5. The third-order valence-electron chi connectivity index (χ3n) is 5.99. The molecule has 28 heavy (non-hydrogen) atoms. The van der Waals surface area contributed by atoms with Gasteiger partial charge in [0.15, 0.2) is 0 Å². The average molecular weight is 382 g/mol. The maximum Gasteiger partial charge on any atom is 0.238 e. The van der Waals surface area contributed by atoms with Gasteiger partial charge in [-0.25, -0.2) is 0 Å². The molecule has 0 saturated carbocycles. The third kappa shape index (κ3) is 4.43. The predicted octanol–water partition coefficient (Wildman–Crippen LogP) is 3.39. The van der Waals surface area contributed by atoms with Crippen molar-refractivity contribution in [2.45, 2.75) is 64.3 Å². The fraction of sp³-hybridized carbons (Fsp3) is 0.591. The van der Waals surface area contributed by atoms with Crippen molar-refractivity contribution in [3.63, 3.8) is 0 Å². The minimum Gasteiger partial charge on any atom is -0.325 e. The second-order valence-corrected chi connectivity index (χ2v) is 8.11. The fourth-order valence-corrected chi connectivity index (χ4v) is 4.49. The zero-order valence-electron chi connectivity index (χ0n) is 16.9. The van der Waals surface area contributed by atoms with Gasteiger partial charge in [-0.15, -0.1) is 10.2 Å². The maximum atomic E-state index is 12.6. The van der Waals surface area contributed by atoms with E-state index in [-0.39, 0.29) is 5.91 Å². The van der Waals surface area contributed by atoms with Gasteiger partial charge in [0.2, 0.25) is 5.91 Å². The lowest BCUT2D eigenvalue weighted by Gasteiger charge is -2.31. The molecule has 6 heteroatoms. The van der Waals surface area contributed by atoms with E-state index in [1.807, 2.05) is 12.1 Å². The maximum absolute atomic E-state index is 12.6. The number of amides is 1. The van der Waals surface area contributed by atoms with Crippen molar-refractivity contribution in [2.75, 3.05) is 25.0 Å². The lowest BCUT2D eigenvalue weighted by Crippen LogP contribution is -2.40. The Morgan fingerprint density at radius 1 is 1.18 bits per heavy atom. The molecule has 1 fully saturated rings. The summed E-state index contributed by atoms with van der Waals surface area (Å²) in [5.41, 5.74) is 2.13. The highest BCUT2D eigenvalue weighted by Gasteiger charge is 2.28. The Hall–Kier alpha value is -2.21. The van der Waals surface area contributed by atoms with Crippen LogP contribution in [0.2, 0.25) is 0 Å². The van der Waals surface area contributed by atoms with E-state index in [1.54, 1.807) is 0 Å². The molecule has 1 atom stereocenters. The third-order valence-corrected chi connectivity index (χ3v) is 5.99. The van der Waals surface area contributed by atoms with Crippen LogP contribution < -0.4 is 5.32 Å². The van der Waals surface area contributed by atoms with Crippen molar-refractivity contribution >= 4 is 11.6 Å². The minimum absolute atomic E-state index is 0.0639. The number of hydrogen-bond donors (Lipinski definition) is 1. The van der Waals surface area contributed by atoms with Crippen LogP contribution in [-0.4, -0.2) is 45.2 Å². The smallest absolute Gasteiger partial charge is 0.238 e. The van der Waals surface area contributed by atoms with Gasteiger partial charge >= 0.3 is 0 Å². The first-order valence-corrected chi connectivity index (χ1v) is 10.8. The van der Waals surface area contributed by atoms with Gasteiger partial charge in [-0.3, -0.25) is 9.69 Å². The molecule has 0 aliphatic carbocycles. The van der Waals surface area contributed by atoms with Crippen LogP contribution in [0.5, 0.6) is 0 Å². The normalized spacial score (nSPS) is 20.4. The van der Waals surface area contributed by atoms with Crippen molar-refractivity contribution in [3.8, 4) is 0 Å². The van der Waals surface area contributed by atoms with Gasteiger partial charge in [0.1, 0.15) is 11.6 Å². The van der Waals surface area contributed by atoms with Gasteiger partial charge in [0.25, 0.3) is 0 Å². The van der Waals surface area contributed by atoms with Crippen LogP contribution in [-0.2, 0) is 24.2 Å². The topological polar surface area (TPSA) is 63.1 Å². The van der Waals surface area contributed by atoms with Crippen LogP contribution in [0.1, 0.15) is 62.2 Å². The molecule has 1 aromatic carbocycles. The van der Waals surface area contributed by atoms with Gasteiger partial charge in [-0.05, 0) is 56.3 Å². The van der Waals surface area contributed by atoms with E-state index in [1.165, 1.54) is 24.8 Å². The number of hydrogen-bond acceptors (Lipinski definition) is 4. The Balaban J connectivity index is 1.37. The van der Waals surface area contributed by atoms with E-state index < -0.39 is 0 Å². The second kappa shape index (κ2) is 8.86. The molecule has 4 rings (SSSR count). The average Bonchev–Trinajstić information content (AvgIpc) is 2.96. The van der Waals surface area contributed by atoms with Crippen LogP contribution in [0.4, 0.5) is 5.69 Å². The van der Waals surface area contributed by atoms with E-state index in [9.17, 15) is 4.79 Å². The number of aryl methyl sites for hydroxylation is 2. The zero-order valence-corrected chi connectivity index (χ0v) is 16.9. The molecule has 1 unspecified atom stereocenters. The molecular weight excluding hydrogens is 350 g/mol. The van der Waals surface area contributed by atoms with Gasteiger partial charge in [-0.2, -0.15) is 0 Å². The molecule has 1 aromatic heterocycles. The number of anilines is 1. The van der Waals surface area contributed by atoms with E-state index in [0.717, 1.165) is 62.7 Å². The molecule has 1 amide bonds. The number of carbonyl (C=O) groups excluding carboxylic acids is 1. The van der Waals surface area contributed by atoms with E-state index in [0.29, 0.717) is 12.5 Å². The second-order valence-electron chi connectivity index (χ2n) is 8.11. The number of carbonyl (C=O) groups is 1. The zero-order chi connectivity index (χ0) is 19.3. The van der Waals surface area contributed by atoms with E-state index >= 15 is 0 Å². The van der Waals surface area contributed by atoms with Crippen LogP contribution in [0.3, 0.4) is 0 Å². The highest BCUT2D eigenvalue weighted by atomic mass is 16.2. The molecular formula is C22H31N5O. The summed E-state index contributed by atoms with van der Waals surface area (Å²) in [6.45, 7) is 5.47. The number of nitrogens with zero attached hydrogens (tertiary/aromatic N) is 4. The summed E-state index contributed by atoms with van der Waals surface area (Å²) < 4.78 is 2.36. The number of benzene rings is 1. The van der Waals surface area contributed by atoms with Crippen LogP contribution >= 0.6 is 0 Å². The lowest BCUT2D eigenvalue weighted by atomic mass is 9.97.